The fourth-order valence-corrected chi connectivity index (χ4v) is 3.20. The van der Waals surface area contributed by atoms with Crippen LogP contribution in [-0.4, -0.2) is 68.0 Å². The summed E-state index contributed by atoms with van der Waals surface area (Å²) < 4.78 is 5.89. The van der Waals surface area contributed by atoms with E-state index in [9.17, 15) is 14.4 Å². The number of rotatable bonds is 19. The molecule has 0 saturated carbocycles. The number of nitrogens with one attached hydrogen (secondary N) is 3. The second kappa shape index (κ2) is 19.7. The van der Waals surface area contributed by atoms with E-state index in [1.54, 1.807) is 13.1 Å². The summed E-state index contributed by atoms with van der Waals surface area (Å²) in [6, 6.07) is -0.409. The van der Waals surface area contributed by atoms with Gasteiger partial charge in [-0.15, -0.1) is 0 Å². The van der Waals surface area contributed by atoms with E-state index in [2.05, 4.69) is 36.4 Å². The molecule has 0 aromatic rings. The van der Waals surface area contributed by atoms with E-state index >= 15 is 0 Å². The zero-order valence-corrected chi connectivity index (χ0v) is 22.7. The highest BCUT2D eigenvalue weighted by Crippen LogP contribution is 2.07. The quantitative estimate of drug-likeness (QED) is 0.146. The van der Waals surface area contributed by atoms with E-state index in [-0.39, 0.29) is 36.9 Å². The number of likely N-dealkylation sites (N-methyl/N-ethyl adjacent to an activating group) is 1. The molecule has 0 aromatic heterocycles. The van der Waals surface area contributed by atoms with Crippen LogP contribution in [0.3, 0.4) is 0 Å². The third-order valence-corrected chi connectivity index (χ3v) is 5.39. The predicted octanol–water partition coefficient (Wildman–Crippen LogP) is 3.46. The average Bonchev–Trinajstić information content (AvgIpc) is 2.83. The maximum absolute atomic E-state index is 13.0. The van der Waals surface area contributed by atoms with Crippen molar-refractivity contribution < 1.29 is 19.1 Å². The summed E-state index contributed by atoms with van der Waals surface area (Å²) in [7, 11) is 1.61. The Kier molecular flexibility index (Phi) is 18.2. The Bertz CT molecular complexity index is 718. The Balaban J connectivity index is 4.68. The number of unbranched alkanes of at least 4 members (excludes halogenated alkanes) is 3. The largest absolute Gasteiger partial charge is 0.494 e. The van der Waals surface area contributed by atoms with Crippen molar-refractivity contribution in [2.24, 2.45) is 0 Å². The van der Waals surface area contributed by atoms with Gasteiger partial charge in [-0.25, -0.2) is 0 Å². The van der Waals surface area contributed by atoms with Crippen LogP contribution in [0, 0.1) is 0 Å². The minimum absolute atomic E-state index is 0.0895. The molecule has 200 valence electrons. The topological polar surface area (TPSA) is 99.8 Å². The highest BCUT2D eigenvalue weighted by molar-refractivity contribution is 5.89. The van der Waals surface area contributed by atoms with Crippen molar-refractivity contribution in [1.82, 2.24) is 20.9 Å². The highest BCUT2D eigenvalue weighted by Gasteiger charge is 2.23. The van der Waals surface area contributed by atoms with Crippen molar-refractivity contribution >= 4 is 17.7 Å². The molecule has 0 fully saturated rings. The molecule has 8 nitrogen and oxygen atoms in total. The maximum atomic E-state index is 13.0. The Morgan fingerprint density at radius 3 is 2.31 bits per heavy atom. The summed E-state index contributed by atoms with van der Waals surface area (Å²) in [5.74, 6) is 0.0419. The van der Waals surface area contributed by atoms with Crippen LogP contribution >= 0.6 is 0 Å². The third kappa shape index (κ3) is 16.6. The molecule has 8 heteroatoms. The third-order valence-electron chi connectivity index (χ3n) is 5.39. The zero-order chi connectivity index (χ0) is 26.6. The van der Waals surface area contributed by atoms with Gasteiger partial charge in [0.05, 0.1) is 24.9 Å². The van der Waals surface area contributed by atoms with Crippen molar-refractivity contribution in [1.29, 1.82) is 0 Å². The van der Waals surface area contributed by atoms with Crippen LogP contribution < -0.4 is 16.0 Å². The molecule has 0 spiro atoms. The first-order valence-corrected chi connectivity index (χ1v) is 12.8. The van der Waals surface area contributed by atoms with Gasteiger partial charge in [-0.2, -0.15) is 0 Å². The summed E-state index contributed by atoms with van der Waals surface area (Å²) in [5.41, 5.74) is 1.05. The van der Waals surface area contributed by atoms with E-state index in [1.165, 1.54) is 4.90 Å². The monoisotopic (exact) mass is 492 g/mol. The van der Waals surface area contributed by atoms with Gasteiger partial charge in [0.15, 0.2) is 0 Å². The van der Waals surface area contributed by atoms with Crippen LogP contribution in [-0.2, 0) is 19.1 Å². The number of carbonyl (C=O) groups excluding carboxylic acids is 3. The number of amides is 3. The lowest BCUT2D eigenvalue weighted by atomic mass is 10.1. The van der Waals surface area contributed by atoms with E-state index in [1.807, 2.05) is 32.9 Å². The molecule has 0 aliphatic rings. The lowest BCUT2D eigenvalue weighted by Crippen LogP contribution is -2.50. The molecule has 0 heterocycles. The van der Waals surface area contributed by atoms with E-state index in [0.717, 1.165) is 43.4 Å². The first-order chi connectivity index (χ1) is 16.6. The molecule has 0 rings (SSSR count). The van der Waals surface area contributed by atoms with Crippen molar-refractivity contribution in [2.45, 2.75) is 85.3 Å². The molecule has 3 amide bonds. The van der Waals surface area contributed by atoms with Crippen LogP contribution in [0.5, 0.6) is 0 Å². The van der Waals surface area contributed by atoms with Crippen molar-refractivity contribution in [3.05, 3.63) is 36.1 Å². The fourth-order valence-electron chi connectivity index (χ4n) is 3.20. The maximum Gasteiger partial charge on any atom is 0.240 e. The van der Waals surface area contributed by atoms with Gasteiger partial charge in [0.1, 0.15) is 6.10 Å². The van der Waals surface area contributed by atoms with Crippen LogP contribution in [0.1, 0.15) is 73.1 Å². The van der Waals surface area contributed by atoms with Crippen LogP contribution in [0.15, 0.2) is 36.1 Å². The molecule has 0 aromatic carbocycles. The van der Waals surface area contributed by atoms with Crippen molar-refractivity contribution in [2.75, 3.05) is 33.2 Å². The standard InChI is InChI=1S/C27H48N4O4/c1-8-11-13-17-28-25(32)19-30-26(33)20-31(7)27(34)24(14-12-9-2)29-18-23(6)35-22(5)16-15-21(4)10-3/h10,15-16,23-24,29H,3,8-9,11-14,17-20H2,1-2,4-7H3,(H,28,32)(H,30,33)/b21-15-,22-16+/t23-,24?/m1/s1. The summed E-state index contributed by atoms with van der Waals surface area (Å²) in [6.45, 7) is 14.6. The Hall–Kier alpha value is -2.61. The number of hydrogen-bond donors (Lipinski definition) is 3. The van der Waals surface area contributed by atoms with Crippen LogP contribution in [0.4, 0.5) is 0 Å². The Labute approximate surface area is 212 Å². The van der Waals surface area contributed by atoms with Gasteiger partial charge in [-0.1, -0.05) is 63.8 Å². The first kappa shape index (κ1) is 32.4. The van der Waals surface area contributed by atoms with Gasteiger partial charge in [0.2, 0.25) is 17.7 Å². The van der Waals surface area contributed by atoms with Gasteiger partial charge < -0.3 is 25.6 Å². The lowest BCUT2D eigenvalue weighted by molar-refractivity contribution is -0.136. The number of carbonyl (C=O) groups is 3. The van der Waals surface area contributed by atoms with Gasteiger partial charge in [-0.05, 0) is 39.7 Å². The number of allylic oxidation sites excluding steroid dienone is 5. The molecule has 0 radical (unpaired) electrons. The summed E-state index contributed by atoms with van der Waals surface area (Å²) in [6.07, 6.45) is 11.1. The zero-order valence-electron chi connectivity index (χ0n) is 22.7. The summed E-state index contributed by atoms with van der Waals surface area (Å²) in [5, 5.41) is 8.67. The van der Waals surface area contributed by atoms with Crippen LogP contribution in [0.25, 0.3) is 0 Å². The van der Waals surface area contributed by atoms with Gasteiger partial charge >= 0.3 is 0 Å². The van der Waals surface area contributed by atoms with E-state index < -0.39 is 6.04 Å². The smallest absolute Gasteiger partial charge is 0.240 e. The Morgan fingerprint density at radius 1 is 1.00 bits per heavy atom. The number of nitrogens with zero attached hydrogens (tertiary/aromatic N) is 1. The molecule has 1 unspecified atom stereocenters. The molecule has 2 atom stereocenters. The summed E-state index contributed by atoms with van der Waals surface area (Å²) in [4.78, 5) is 38.5. The molecule has 3 N–H and O–H groups in total. The molecule has 0 saturated heterocycles. The minimum Gasteiger partial charge on any atom is -0.494 e. The second-order valence-corrected chi connectivity index (χ2v) is 8.95. The molecule has 0 bridgehead atoms. The average molecular weight is 493 g/mol. The molecular weight excluding hydrogens is 444 g/mol. The fraction of sp³-hybridized carbons (Fsp3) is 0.667. The predicted molar refractivity (Wildman–Crippen MR) is 143 cm³/mol. The number of hydrogen-bond acceptors (Lipinski definition) is 5. The van der Waals surface area contributed by atoms with Crippen molar-refractivity contribution in [3.63, 3.8) is 0 Å². The van der Waals surface area contributed by atoms with E-state index in [0.29, 0.717) is 19.5 Å². The highest BCUT2D eigenvalue weighted by atomic mass is 16.5. The van der Waals surface area contributed by atoms with Gasteiger partial charge in [0.25, 0.3) is 0 Å². The molecular formula is C27H48N4O4. The lowest BCUT2D eigenvalue weighted by Gasteiger charge is -2.26. The first-order valence-electron chi connectivity index (χ1n) is 12.8. The van der Waals surface area contributed by atoms with Crippen molar-refractivity contribution in [3.8, 4) is 0 Å². The Morgan fingerprint density at radius 2 is 1.69 bits per heavy atom. The normalized spacial score (nSPS) is 13.5. The number of ether oxygens (including phenoxy) is 1. The van der Waals surface area contributed by atoms with Crippen LogP contribution in [0.2, 0.25) is 0 Å². The molecule has 0 aliphatic carbocycles. The van der Waals surface area contributed by atoms with Gasteiger partial charge in [0, 0.05) is 20.1 Å². The van der Waals surface area contributed by atoms with Gasteiger partial charge in [-0.3, -0.25) is 14.4 Å². The molecule has 0 aliphatic heterocycles. The molecule has 35 heavy (non-hydrogen) atoms. The minimum atomic E-state index is -0.409. The SMILES string of the molecule is C=C/C(C)=C\C=C(/C)O[C@H](C)CNC(CCCC)C(=O)N(C)CC(=O)NCC(=O)NCCCCC. The second-order valence-electron chi connectivity index (χ2n) is 8.95. The summed E-state index contributed by atoms with van der Waals surface area (Å²) >= 11 is 0. The van der Waals surface area contributed by atoms with E-state index in [4.69, 9.17) is 4.74 Å².